The van der Waals surface area contributed by atoms with E-state index in [1.807, 2.05) is 0 Å². The van der Waals surface area contributed by atoms with Crippen molar-refractivity contribution >= 4 is 5.91 Å². The maximum atomic E-state index is 13.0. The number of benzene rings is 1. The second kappa shape index (κ2) is 5.63. The zero-order valence-corrected chi connectivity index (χ0v) is 11.2. The molecule has 1 N–H and O–H groups in total. The third kappa shape index (κ3) is 3.53. The molecule has 0 saturated carbocycles. The summed E-state index contributed by atoms with van der Waals surface area (Å²) in [5, 5.41) is 9.50. The first kappa shape index (κ1) is 15.8. The highest BCUT2D eigenvalue weighted by Crippen LogP contribution is 2.37. The number of likely N-dealkylation sites (tertiary alicyclic amines) is 1. The van der Waals surface area contributed by atoms with Crippen molar-refractivity contribution in [2.45, 2.75) is 31.0 Å². The van der Waals surface area contributed by atoms with E-state index < -0.39 is 36.5 Å². The Kier molecular flexibility index (Phi) is 4.22. The van der Waals surface area contributed by atoms with Crippen LogP contribution in [0.1, 0.15) is 18.4 Å². The Labute approximate surface area is 119 Å². The summed E-state index contributed by atoms with van der Waals surface area (Å²) in [6, 6.07) is 5.71. The molecule has 1 amide bonds. The number of carbonyl (C=O) groups excluding carboxylic acids is 1. The van der Waals surface area contributed by atoms with E-state index in [1.165, 1.54) is 18.2 Å². The molecule has 116 valence electrons. The van der Waals surface area contributed by atoms with E-state index in [0.29, 0.717) is 5.56 Å². The summed E-state index contributed by atoms with van der Waals surface area (Å²) in [5.41, 5.74) is -2.21. The largest absolute Gasteiger partial charge is 0.419 e. The second-order valence-corrected chi connectivity index (χ2v) is 5.22. The third-order valence-corrected chi connectivity index (χ3v) is 3.64. The summed E-state index contributed by atoms with van der Waals surface area (Å²) < 4.78 is 50.9. The van der Waals surface area contributed by atoms with Crippen LogP contribution in [0.25, 0.3) is 0 Å². The molecular weight excluding hydrogens is 290 g/mol. The smallest absolute Gasteiger partial charge is 0.379 e. The average molecular weight is 305 g/mol. The van der Waals surface area contributed by atoms with Gasteiger partial charge in [0.2, 0.25) is 5.91 Å². The molecule has 1 aromatic carbocycles. The molecule has 1 aliphatic heterocycles. The number of amides is 1. The Morgan fingerprint density at radius 2 is 2.10 bits per heavy atom. The van der Waals surface area contributed by atoms with Gasteiger partial charge in [0.1, 0.15) is 5.82 Å². The van der Waals surface area contributed by atoms with Crippen LogP contribution in [0.3, 0.4) is 0 Å². The number of hydrogen-bond acceptors (Lipinski definition) is 2. The van der Waals surface area contributed by atoms with Crippen LogP contribution in [0.15, 0.2) is 24.3 Å². The van der Waals surface area contributed by atoms with E-state index >= 15 is 0 Å². The molecule has 0 unspecified atom stereocenters. The fourth-order valence-electron chi connectivity index (χ4n) is 2.34. The minimum Gasteiger partial charge on any atom is -0.379 e. The molecule has 0 aromatic heterocycles. The summed E-state index contributed by atoms with van der Waals surface area (Å²) in [6.45, 7) is -0.865. The number of hydrogen-bond donors (Lipinski definition) is 1. The molecule has 1 aromatic rings. The zero-order chi connectivity index (χ0) is 15.7. The van der Waals surface area contributed by atoms with Crippen LogP contribution in [0.2, 0.25) is 0 Å². The Hall–Kier alpha value is -1.63. The highest BCUT2D eigenvalue weighted by atomic mass is 19.4. The van der Waals surface area contributed by atoms with Crippen molar-refractivity contribution < 1.29 is 27.5 Å². The lowest BCUT2D eigenvalue weighted by molar-refractivity contribution is -0.253. The topological polar surface area (TPSA) is 40.5 Å². The molecule has 1 saturated heterocycles. The zero-order valence-electron chi connectivity index (χ0n) is 11.2. The van der Waals surface area contributed by atoms with Crippen LogP contribution >= 0.6 is 0 Å². The highest BCUT2D eigenvalue weighted by Gasteiger charge is 2.57. The predicted octanol–water partition coefficient (Wildman–Crippen LogP) is 2.28. The molecular formula is C14H15F4NO2. The van der Waals surface area contributed by atoms with Gasteiger partial charge in [0.15, 0.2) is 5.60 Å². The first-order chi connectivity index (χ1) is 9.71. The Balaban J connectivity index is 1.91. The van der Waals surface area contributed by atoms with Crippen molar-refractivity contribution in [2.75, 3.05) is 13.1 Å². The Morgan fingerprint density at radius 1 is 1.38 bits per heavy atom. The number of aryl methyl sites for hydroxylation is 1. The highest BCUT2D eigenvalue weighted by molar-refractivity contribution is 5.77. The monoisotopic (exact) mass is 305 g/mol. The van der Waals surface area contributed by atoms with E-state index in [1.54, 1.807) is 6.07 Å². The van der Waals surface area contributed by atoms with Crippen LogP contribution in [0.4, 0.5) is 17.6 Å². The first-order valence-electron chi connectivity index (χ1n) is 6.53. The van der Waals surface area contributed by atoms with Gasteiger partial charge in [0, 0.05) is 19.4 Å². The molecule has 21 heavy (non-hydrogen) atoms. The van der Waals surface area contributed by atoms with Crippen molar-refractivity contribution in [2.24, 2.45) is 0 Å². The number of nitrogens with zero attached hydrogens (tertiary/aromatic N) is 1. The lowest BCUT2D eigenvalue weighted by Gasteiger charge is -2.25. The van der Waals surface area contributed by atoms with Gasteiger partial charge < -0.3 is 10.0 Å². The number of rotatable bonds is 3. The van der Waals surface area contributed by atoms with Gasteiger partial charge in [-0.05, 0) is 24.1 Å². The number of aliphatic hydroxyl groups is 1. The molecule has 0 bridgehead atoms. The van der Waals surface area contributed by atoms with Gasteiger partial charge in [0.05, 0.1) is 6.54 Å². The SMILES string of the molecule is O=C(CCc1cccc(F)c1)N1CC[C@@](O)(C(F)(F)F)C1. The normalized spacial score (nSPS) is 22.6. The molecule has 7 heteroatoms. The fourth-order valence-corrected chi connectivity index (χ4v) is 2.34. The van der Waals surface area contributed by atoms with Crippen molar-refractivity contribution in [1.29, 1.82) is 0 Å². The van der Waals surface area contributed by atoms with Gasteiger partial charge in [-0.2, -0.15) is 13.2 Å². The molecule has 0 aliphatic carbocycles. The predicted molar refractivity (Wildman–Crippen MR) is 66.9 cm³/mol. The van der Waals surface area contributed by atoms with Crippen molar-refractivity contribution in [3.05, 3.63) is 35.6 Å². The van der Waals surface area contributed by atoms with E-state index in [2.05, 4.69) is 0 Å². The van der Waals surface area contributed by atoms with Crippen LogP contribution in [-0.4, -0.2) is 40.8 Å². The third-order valence-electron chi connectivity index (χ3n) is 3.64. The summed E-state index contributed by atoms with van der Waals surface area (Å²) in [4.78, 5) is 12.9. The van der Waals surface area contributed by atoms with E-state index in [0.717, 1.165) is 4.90 Å². The van der Waals surface area contributed by atoms with E-state index in [-0.39, 0.29) is 19.4 Å². The quantitative estimate of drug-likeness (QED) is 0.871. The molecule has 1 fully saturated rings. The van der Waals surface area contributed by atoms with Gasteiger partial charge in [-0.3, -0.25) is 4.79 Å². The Bertz CT molecular complexity index is 532. The number of alkyl halides is 3. The molecule has 1 atom stereocenters. The van der Waals surface area contributed by atoms with Crippen molar-refractivity contribution in [1.82, 2.24) is 4.90 Å². The van der Waals surface area contributed by atoms with Gasteiger partial charge >= 0.3 is 6.18 Å². The molecule has 1 aliphatic rings. The van der Waals surface area contributed by atoms with Crippen molar-refractivity contribution in [3.8, 4) is 0 Å². The van der Waals surface area contributed by atoms with Gasteiger partial charge in [0.25, 0.3) is 0 Å². The molecule has 0 radical (unpaired) electrons. The Morgan fingerprint density at radius 3 is 2.67 bits per heavy atom. The van der Waals surface area contributed by atoms with Gasteiger partial charge in [-0.25, -0.2) is 4.39 Å². The first-order valence-corrected chi connectivity index (χ1v) is 6.53. The molecule has 2 rings (SSSR count). The summed E-state index contributed by atoms with van der Waals surface area (Å²) in [7, 11) is 0. The number of β-amino-alcohol motifs (C(OH)–C–C–N with tert-alkyl or cyclic N) is 1. The minimum atomic E-state index is -4.75. The summed E-state index contributed by atoms with van der Waals surface area (Å²) in [6.07, 6.45) is -5.03. The molecule has 0 spiro atoms. The maximum absolute atomic E-state index is 13.0. The van der Waals surface area contributed by atoms with Crippen LogP contribution in [-0.2, 0) is 11.2 Å². The lowest BCUT2D eigenvalue weighted by atomic mass is 10.0. The standard InChI is InChI=1S/C14H15F4NO2/c15-11-3-1-2-10(8-11)4-5-12(20)19-7-6-13(21,9-19)14(16,17)18/h1-3,8,21H,4-7,9H2/t13-/m0/s1. The van der Waals surface area contributed by atoms with Gasteiger partial charge in [-0.15, -0.1) is 0 Å². The molecule has 3 nitrogen and oxygen atoms in total. The van der Waals surface area contributed by atoms with Crippen LogP contribution in [0.5, 0.6) is 0 Å². The number of carbonyl (C=O) groups is 1. The number of halogens is 4. The average Bonchev–Trinajstić information content (AvgIpc) is 2.80. The van der Waals surface area contributed by atoms with E-state index in [4.69, 9.17) is 0 Å². The van der Waals surface area contributed by atoms with Crippen LogP contribution in [0, 0.1) is 5.82 Å². The van der Waals surface area contributed by atoms with Crippen LogP contribution < -0.4 is 0 Å². The van der Waals surface area contributed by atoms with E-state index in [9.17, 15) is 27.5 Å². The lowest BCUT2D eigenvalue weighted by Crippen LogP contribution is -2.48. The minimum absolute atomic E-state index is 0.0165. The van der Waals surface area contributed by atoms with Crippen molar-refractivity contribution in [3.63, 3.8) is 0 Å². The fraction of sp³-hybridized carbons (Fsp3) is 0.500. The van der Waals surface area contributed by atoms with Gasteiger partial charge in [-0.1, -0.05) is 12.1 Å². The second-order valence-electron chi connectivity index (χ2n) is 5.22. The summed E-state index contributed by atoms with van der Waals surface area (Å²) >= 11 is 0. The summed E-state index contributed by atoms with van der Waals surface area (Å²) in [5.74, 6) is -0.896. The maximum Gasteiger partial charge on any atom is 0.419 e. The molecule has 1 heterocycles.